The van der Waals surface area contributed by atoms with Crippen LogP contribution in [-0.4, -0.2) is 15.6 Å². The molecule has 0 heterocycles. The highest BCUT2D eigenvalue weighted by Crippen LogP contribution is 2.19. The van der Waals surface area contributed by atoms with Gasteiger partial charge in [0.05, 0.1) is 10.8 Å². The summed E-state index contributed by atoms with van der Waals surface area (Å²) in [5, 5.41) is 0.498. The minimum atomic E-state index is -0.633. The van der Waals surface area contributed by atoms with E-state index in [2.05, 4.69) is 20.8 Å². The monoisotopic (exact) mass is 166 g/mol. The van der Waals surface area contributed by atoms with Gasteiger partial charge in [0.25, 0.3) is 0 Å². The minimum absolute atomic E-state index is 0.498. The van der Waals surface area contributed by atoms with Crippen LogP contribution in [0.1, 0.15) is 27.2 Å². The zero-order chi connectivity index (χ0) is 7.28. The Labute approximate surface area is 64.2 Å². The van der Waals surface area contributed by atoms with Gasteiger partial charge in [0.2, 0.25) is 0 Å². The molecule has 0 N–H and O–H groups in total. The molecule has 1 unspecified atom stereocenters. The van der Waals surface area contributed by atoms with Crippen LogP contribution in [0.3, 0.4) is 0 Å². The molecule has 0 fully saturated rings. The number of hydrogen-bond acceptors (Lipinski definition) is 2. The van der Waals surface area contributed by atoms with Crippen molar-refractivity contribution in [1.82, 2.24) is 0 Å². The van der Waals surface area contributed by atoms with E-state index >= 15 is 0 Å². The van der Waals surface area contributed by atoms with Crippen LogP contribution in [0.2, 0.25) is 0 Å². The van der Waals surface area contributed by atoms with Crippen LogP contribution >= 0.6 is 10.8 Å². The Bertz CT molecular complexity index is 66.1. The zero-order valence-electron chi connectivity index (χ0n) is 6.22. The topological polar surface area (TPSA) is 23.1 Å². The minimum Gasteiger partial charge on any atom is -0.605 e. The van der Waals surface area contributed by atoms with Gasteiger partial charge in [0, 0.05) is 15.5 Å². The zero-order valence-corrected chi connectivity index (χ0v) is 7.85. The van der Waals surface area contributed by atoms with Gasteiger partial charge in [-0.1, -0.05) is 6.92 Å². The largest absolute Gasteiger partial charge is 0.605 e. The van der Waals surface area contributed by atoms with Gasteiger partial charge < -0.3 is 4.55 Å². The molecule has 1 atom stereocenters. The quantitative estimate of drug-likeness (QED) is 0.472. The molecule has 0 aromatic heterocycles. The average molecular weight is 166 g/mol. The van der Waals surface area contributed by atoms with Crippen molar-refractivity contribution >= 4 is 21.0 Å². The summed E-state index contributed by atoms with van der Waals surface area (Å²) >= 11 is 0. The fraction of sp³-hybridized carbons (Fsp3) is 1.00. The first-order valence-corrected chi connectivity index (χ1v) is 5.93. The molecule has 0 radical (unpaired) electrons. The Kier molecular flexibility index (Phi) is 5.84. The fourth-order valence-electron chi connectivity index (χ4n) is 0.429. The second-order valence-electron chi connectivity index (χ2n) is 2.15. The second kappa shape index (κ2) is 5.45. The van der Waals surface area contributed by atoms with E-state index in [9.17, 15) is 4.55 Å². The molecule has 0 aliphatic rings. The van der Waals surface area contributed by atoms with Crippen LogP contribution in [0.5, 0.6) is 0 Å². The maximum Gasteiger partial charge on any atom is 0.117 e. The highest BCUT2D eigenvalue weighted by Gasteiger charge is 2.08. The molecule has 0 saturated heterocycles. The SMILES string of the molecule is CCC[S+]([O-])SC(C)C. The Morgan fingerprint density at radius 1 is 1.56 bits per heavy atom. The van der Waals surface area contributed by atoms with Crippen molar-refractivity contribution in [1.29, 1.82) is 0 Å². The molecule has 0 saturated carbocycles. The van der Waals surface area contributed by atoms with Crippen molar-refractivity contribution in [2.45, 2.75) is 32.4 Å². The van der Waals surface area contributed by atoms with Crippen LogP contribution in [0.25, 0.3) is 0 Å². The second-order valence-corrected chi connectivity index (χ2v) is 6.00. The molecule has 1 nitrogen and oxygen atoms in total. The normalized spacial score (nSPS) is 14.3. The summed E-state index contributed by atoms with van der Waals surface area (Å²) < 4.78 is 10.9. The van der Waals surface area contributed by atoms with Crippen LogP contribution in [0.4, 0.5) is 0 Å². The molecule has 0 aromatic rings. The predicted molar refractivity (Wildman–Crippen MR) is 46.0 cm³/mol. The Morgan fingerprint density at radius 2 is 2.11 bits per heavy atom. The van der Waals surface area contributed by atoms with E-state index in [-0.39, 0.29) is 0 Å². The molecule has 0 bridgehead atoms. The highest BCUT2D eigenvalue weighted by molar-refractivity contribution is 8.72. The van der Waals surface area contributed by atoms with Gasteiger partial charge in [-0.3, -0.25) is 0 Å². The van der Waals surface area contributed by atoms with Crippen molar-refractivity contribution in [3.8, 4) is 0 Å². The van der Waals surface area contributed by atoms with E-state index in [4.69, 9.17) is 0 Å². The van der Waals surface area contributed by atoms with Gasteiger partial charge in [-0.25, -0.2) is 0 Å². The Balaban J connectivity index is 3.15. The highest BCUT2D eigenvalue weighted by atomic mass is 33.1. The summed E-state index contributed by atoms with van der Waals surface area (Å²) in [5.74, 6) is 0.836. The third-order valence-corrected chi connectivity index (χ3v) is 4.31. The lowest BCUT2D eigenvalue weighted by Crippen LogP contribution is -2.03. The van der Waals surface area contributed by atoms with E-state index < -0.39 is 10.2 Å². The van der Waals surface area contributed by atoms with E-state index in [1.807, 2.05) is 0 Å². The molecule has 0 aromatic carbocycles. The van der Waals surface area contributed by atoms with Crippen molar-refractivity contribution in [2.24, 2.45) is 0 Å². The molecule has 3 heteroatoms. The van der Waals surface area contributed by atoms with Gasteiger partial charge in [-0.2, -0.15) is 0 Å². The lowest BCUT2D eigenvalue weighted by atomic mass is 10.6. The predicted octanol–water partition coefficient (Wildman–Crippen LogP) is 2.20. The first-order valence-electron chi connectivity index (χ1n) is 3.22. The molecule has 56 valence electrons. The van der Waals surface area contributed by atoms with Crippen molar-refractivity contribution < 1.29 is 4.55 Å². The summed E-state index contributed by atoms with van der Waals surface area (Å²) in [6.45, 7) is 6.19. The number of hydrogen-bond donors (Lipinski definition) is 0. The molecule has 0 aliphatic heterocycles. The first kappa shape index (κ1) is 9.66. The first-order chi connectivity index (χ1) is 4.16. The number of rotatable bonds is 4. The molecule has 0 spiro atoms. The fourth-order valence-corrected chi connectivity index (χ4v) is 3.36. The average Bonchev–Trinajstić information content (AvgIpc) is 1.63. The molecular weight excluding hydrogens is 152 g/mol. The van der Waals surface area contributed by atoms with E-state index in [1.54, 1.807) is 10.8 Å². The summed E-state index contributed by atoms with van der Waals surface area (Å²) in [7, 11) is 0.918. The van der Waals surface area contributed by atoms with Gasteiger partial charge in [-0.15, -0.1) is 0 Å². The van der Waals surface area contributed by atoms with Crippen LogP contribution in [0.15, 0.2) is 0 Å². The van der Waals surface area contributed by atoms with Crippen LogP contribution in [0, 0.1) is 0 Å². The van der Waals surface area contributed by atoms with Crippen LogP contribution < -0.4 is 0 Å². The lowest BCUT2D eigenvalue weighted by Gasteiger charge is -2.08. The summed E-state index contributed by atoms with van der Waals surface area (Å²) in [6.07, 6.45) is 1.02. The van der Waals surface area contributed by atoms with Gasteiger partial charge in [-0.05, 0) is 20.3 Å². The third kappa shape index (κ3) is 6.55. The Morgan fingerprint density at radius 3 is 2.44 bits per heavy atom. The summed E-state index contributed by atoms with van der Waals surface area (Å²) in [4.78, 5) is 0. The molecule has 0 rings (SSSR count). The van der Waals surface area contributed by atoms with E-state index in [0.29, 0.717) is 5.25 Å². The third-order valence-electron chi connectivity index (χ3n) is 0.671. The van der Waals surface area contributed by atoms with Crippen LogP contribution in [-0.2, 0) is 10.2 Å². The van der Waals surface area contributed by atoms with E-state index in [1.165, 1.54) is 0 Å². The molecule has 0 aliphatic carbocycles. The van der Waals surface area contributed by atoms with Gasteiger partial charge in [0.1, 0.15) is 5.75 Å². The lowest BCUT2D eigenvalue weighted by molar-refractivity contribution is 0.608. The van der Waals surface area contributed by atoms with E-state index in [0.717, 1.165) is 12.2 Å². The molecule has 9 heavy (non-hydrogen) atoms. The standard InChI is InChI=1S/C6H14OS2/c1-4-5-9(7)8-6(2)3/h6H,4-5H2,1-3H3. The maximum atomic E-state index is 10.9. The molecule has 0 amide bonds. The van der Waals surface area contributed by atoms with Gasteiger partial charge >= 0.3 is 0 Å². The van der Waals surface area contributed by atoms with Crippen molar-refractivity contribution in [3.63, 3.8) is 0 Å². The van der Waals surface area contributed by atoms with Gasteiger partial charge in [0.15, 0.2) is 0 Å². The summed E-state index contributed by atoms with van der Waals surface area (Å²) in [6, 6.07) is 0. The smallest absolute Gasteiger partial charge is 0.117 e. The van der Waals surface area contributed by atoms with Crippen molar-refractivity contribution in [2.75, 3.05) is 5.75 Å². The molecular formula is C6H14OS2. The van der Waals surface area contributed by atoms with Crippen molar-refractivity contribution in [3.05, 3.63) is 0 Å². The summed E-state index contributed by atoms with van der Waals surface area (Å²) in [5.41, 5.74) is 0. The maximum absolute atomic E-state index is 10.9. The Hall–Kier alpha value is 0.660.